The highest BCUT2D eigenvalue weighted by atomic mass is 16.5. The molecule has 3 rings (SSSR count). The first-order chi connectivity index (χ1) is 16.8. The van der Waals surface area contributed by atoms with Gasteiger partial charge in [0.05, 0.1) is 23.7 Å². The van der Waals surface area contributed by atoms with Gasteiger partial charge in [0.2, 0.25) is 5.91 Å². The highest BCUT2D eigenvalue weighted by molar-refractivity contribution is 5.91. The molecule has 0 bridgehead atoms. The highest BCUT2D eigenvalue weighted by Gasteiger charge is 2.18. The fourth-order valence-electron chi connectivity index (χ4n) is 3.35. The van der Waals surface area contributed by atoms with Gasteiger partial charge in [0.15, 0.2) is 5.96 Å². The van der Waals surface area contributed by atoms with Crippen molar-refractivity contribution < 1.29 is 24.2 Å². The van der Waals surface area contributed by atoms with E-state index in [9.17, 15) is 14.4 Å². The molecule has 3 aromatic rings. The number of aliphatic imine (C=N–C) groups is 1. The molecule has 9 heteroatoms. The van der Waals surface area contributed by atoms with Gasteiger partial charge in [-0.05, 0) is 53.9 Å². The third kappa shape index (κ3) is 8.01. The smallest absolute Gasteiger partial charge is 0.343 e. The van der Waals surface area contributed by atoms with E-state index in [0.29, 0.717) is 23.4 Å². The highest BCUT2D eigenvalue weighted by Crippen LogP contribution is 2.19. The third-order valence-corrected chi connectivity index (χ3v) is 5.05. The minimum atomic E-state index is -0.992. The Morgan fingerprint density at radius 1 is 0.914 bits per heavy atom. The Morgan fingerprint density at radius 2 is 1.57 bits per heavy atom. The van der Waals surface area contributed by atoms with Crippen LogP contribution in [-0.2, 0) is 16.0 Å². The van der Waals surface area contributed by atoms with Gasteiger partial charge in [0.1, 0.15) is 5.75 Å². The molecular weight excluding hydrogens is 448 g/mol. The van der Waals surface area contributed by atoms with Gasteiger partial charge in [-0.3, -0.25) is 9.59 Å². The molecule has 0 spiro atoms. The van der Waals surface area contributed by atoms with Crippen LogP contribution in [0.2, 0.25) is 0 Å². The van der Waals surface area contributed by atoms with Crippen molar-refractivity contribution in [3.63, 3.8) is 0 Å². The molecule has 0 aromatic heterocycles. The largest absolute Gasteiger partial charge is 0.481 e. The van der Waals surface area contributed by atoms with Crippen LogP contribution in [-0.4, -0.2) is 28.9 Å². The van der Waals surface area contributed by atoms with E-state index in [4.69, 9.17) is 21.3 Å². The van der Waals surface area contributed by atoms with Gasteiger partial charge in [-0.15, -0.1) is 0 Å². The maximum absolute atomic E-state index is 12.4. The molecule has 0 aliphatic carbocycles. The molecule has 0 saturated carbocycles. The number of carboxylic acids is 1. The Balaban J connectivity index is 1.52. The number of nitrogens with one attached hydrogen (secondary N) is 1. The van der Waals surface area contributed by atoms with Crippen molar-refractivity contribution >= 4 is 29.5 Å². The number of nitrogens with zero attached hydrogens (tertiary/aromatic N) is 1. The van der Waals surface area contributed by atoms with Crippen molar-refractivity contribution in [2.24, 2.45) is 16.5 Å². The van der Waals surface area contributed by atoms with Gasteiger partial charge >= 0.3 is 11.9 Å². The summed E-state index contributed by atoms with van der Waals surface area (Å²) in [5.74, 6) is -1.48. The molecule has 3 aromatic carbocycles. The molecule has 0 unspecified atom stereocenters. The van der Waals surface area contributed by atoms with Crippen molar-refractivity contribution in [1.29, 1.82) is 0 Å². The number of guanidine groups is 1. The number of amides is 1. The van der Waals surface area contributed by atoms with Crippen LogP contribution in [0.15, 0.2) is 83.9 Å². The lowest BCUT2D eigenvalue weighted by atomic mass is 10.0. The van der Waals surface area contributed by atoms with Gasteiger partial charge in [0.25, 0.3) is 0 Å². The summed E-state index contributed by atoms with van der Waals surface area (Å²) in [7, 11) is 0. The summed E-state index contributed by atoms with van der Waals surface area (Å²) in [6, 6.07) is 21.5. The van der Waals surface area contributed by atoms with E-state index in [1.54, 1.807) is 72.8 Å². The van der Waals surface area contributed by atoms with Crippen molar-refractivity contribution in [2.75, 3.05) is 0 Å². The average molecular weight is 475 g/mol. The Hall–Kier alpha value is -4.66. The van der Waals surface area contributed by atoms with Crippen LogP contribution in [0.5, 0.6) is 5.75 Å². The number of nitrogens with two attached hydrogens (primary N) is 2. The monoisotopic (exact) mass is 474 g/mol. The normalized spacial score (nSPS) is 11.2. The van der Waals surface area contributed by atoms with Gasteiger partial charge < -0.3 is 26.6 Å². The number of hydrogen-bond donors (Lipinski definition) is 4. The fraction of sp³-hybridized carbons (Fsp3) is 0.154. The summed E-state index contributed by atoms with van der Waals surface area (Å²) in [5.41, 5.74) is 13.1. The summed E-state index contributed by atoms with van der Waals surface area (Å²) in [5, 5.41) is 12.0. The van der Waals surface area contributed by atoms with E-state index in [-0.39, 0.29) is 24.7 Å². The van der Waals surface area contributed by atoms with Crippen LogP contribution in [0.1, 0.15) is 40.4 Å². The molecule has 180 valence electrons. The van der Waals surface area contributed by atoms with E-state index < -0.39 is 18.0 Å². The molecule has 9 nitrogen and oxygen atoms in total. The standard InChI is InChI=1S/C26H26N4O5/c27-26(28)29-20-11-9-19(10-12-20)25(34)35-21-13-6-17(7-14-21)8-15-23(31)30-22(16-24(32)33)18-4-2-1-3-5-18/h1-7,9-14,22H,8,15-16H2,(H,30,31)(H,32,33)(H4,27,28,29)/t22-/m0/s1. The maximum atomic E-state index is 12.4. The SMILES string of the molecule is NC(N)=Nc1ccc(C(=O)Oc2ccc(CCC(=O)N[C@@H](CC(=O)O)c3ccccc3)cc2)cc1. The van der Waals surface area contributed by atoms with Gasteiger partial charge in [-0.1, -0.05) is 42.5 Å². The Labute approximate surface area is 202 Å². The van der Waals surface area contributed by atoms with Crippen molar-refractivity contribution in [3.8, 4) is 5.75 Å². The number of carbonyl (C=O) groups excluding carboxylic acids is 2. The van der Waals surface area contributed by atoms with Crippen LogP contribution in [0.25, 0.3) is 0 Å². The number of ether oxygens (including phenoxy) is 1. The number of esters is 1. The van der Waals surface area contributed by atoms with Gasteiger partial charge in [-0.2, -0.15) is 0 Å². The predicted octanol–water partition coefficient (Wildman–Crippen LogP) is 3.08. The molecule has 6 N–H and O–H groups in total. The number of hydrogen-bond acceptors (Lipinski definition) is 5. The zero-order valence-electron chi connectivity index (χ0n) is 18.9. The molecule has 0 saturated heterocycles. The summed E-state index contributed by atoms with van der Waals surface area (Å²) in [4.78, 5) is 39.9. The summed E-state index contributed by atoms with van der Waals surface area (Å²) in [6.45, 7) is 0. The first-order valence-electron chi connectivity index (χ1n) is 10.9. The molecule has 0 aliphatic heterocycles. The van der Waals surface area contributed by atoms with E-state index in [0.717, 1.165) is 11.1 Å². The van der Waals surface area contributed by atoms with Gasteiger partial charge in [0, 0.05) is 6.42 Å². The zero-order valence-corrected chi connectivity index (χ0v) is 18.9. The van der Waals surface area contributed by atoms with E-state index >= 15 is 0 Å². The maximum Gasteiger partial charge on any atom is 0.343 e. The molecule has 0 heterocycles. The lowest BCUT2D eigenvalue weighted by molar-refractivity contribution is -0.137. The lowest BCUT2D eigenvalue weighted by Gasteiger charge is -2.17. The average Bonchev–Trinajstić information content (AvgIpc) is 2.83. The van der Waals surface area contributed by atoms with E-state index in [2.05, 4.69) is 10.3 Å². The number of aryl methyl sites for hydroxylation is 1. The second kappa shape index (κ2) is 12.0. The zero-order chi connectivity index (χ0) is 25.2. The van der Waals surface area contributed by atoms with Crippen LogP contribution >= 0.6 is 0 Å². The molecule has 1 atom stereocenters. The topological polar surface area (TPSA) is 157 Å². The molecular formula is C26H26N4O5. The molecule has 1 amide bonds. The first kappa shape index (κ1) is 25.0. The third-order valence-electron chi connectivity index (χ3n) is 5.05. The Bertz CT molecular complexity index is 1190. The van der Waals surface area contributed by atoms with Crippen molar-refractivity contribution in [1.82, 2.24) is 5.32 Å². The van der Waals surface area contributed by atoms with Gasteiger partial charge in [-0.25, -0.2) is 9.79 Å². The minimum absolute atomic E-state index is 0.0748. The predicted molar refractivity (Wildman–Crippen MR) is 131 cm³/mol. The minimum Gasteiger partial charge on any atom is -0.481 e. The summed E-state index contributed by atoms with van der Waals surface area (Å²) in [6.07, 6.45) is 0.429. The number of rotatable bonds is 10. The van der Waals surface area contributed by atoms with E-state index in [1.807, 2.05) is 6.07 Å². The van der Waals surface area contributed by atoms with Crippen LogP contribution in [0.4, 0.5) is 5.69 Å². The van der Waals surface area contributed by atoms with Crippen LogP contribution < -0.4 is 21.5 Å². The molecule has 0 aliphatic rings. The van der Waals surface area contributed by atoms with E-state index in [1.165, 1.54) is 0 Å². The van der Waals surface area contributed by atoms with Crippen LogP contribution in [0.3, 0.4) is 0 Å². The summed E-state index contributed by atoms with van der Waals surface area (Å²) < 4.78 is 5.38. The van der Waals surface area contributed by atoms with Crippen molar-refractivity contribution in [2.45, 2.75) is 25.3 Å². The quantitative estimate of drug-likeness (QED) is 0.152. The number of benzene rings is 3. The Morgan fingerprint density at radius 3 is 2.17 bits per heavy atom. The van der Waals surface area contributed by atoms with Crippen molar-refractivity contribution in [3.05, 3.63) is 95.6 Å². The molecule has 0 fully saturated rings. The Kier molecular flexibility index (Phi) is 8.55. The number of aliphatic carboxylic acids is 1. The second-order valence-corrected chi connectivity index (χ2v) is 7.75. The molecule has 0 radical (unpaired) electrons. The summed E-state index contributed by atoms with van der Waals surface area (Å²) >= 11 is 0. The molecule has 35 heavy (non-hydrogen) atoms. The second-order valence-electron chi connectivity index (χ2n) is 7.75. The lowest BCUT2D eigenvalue weighted by Crippen LogP contribution is -2.30. The van der Waals surface area contributed by atoms with Crippen LogP contribution in [0, 0.1) is 0 Å². The number of carboxylic acid groups (broad SMARTS) is 1. The fourth-order valence-corrected chi connectivity index (χ4v) is 3.35. The first-order valence-corrected chi connectivity index (χ1v) is 10.9. The number of carbonyl (C=O) groups is 3.